The molecule has 0 bridgehead atoms. The third-order valence-corrected chi connectivity index (χ3v) is 4.19. The number of rotatable bonds is 7. The lowest BCUT2D eigenvalue weighted by molar-refractivity contribution is 0.229. The first-order valence-corrected chi connectivity index (χ1v) is 8.18. The summed E-state index contributed by atoms with van der Waals surface area (Å²) in [6.07, 6.45) is 1.83. The lowest BCUT2D eigenvalue weighted by Gasteiger charge is -2.24. The summed E-state index contributed by atoms with van der Waals surface area (Å²) in [6.45, 7) is 2.30. The molecule has 0 fully saturated rings. The van der Waals surface area contributed by atoms with Crippen LogP contribution in [0.3, 0.4) is 0 Å². The number of hydrogen-bond donors (Lipinski definition) is 2. The van der Waals surface area contributed by atoms with Gasteiger partial charge in [0, 0.05) is 16.6 Å². The van der Waals surface area contributed by atoms with Gasteiger partial charge in [-0.1, -0.05) is 65.3 Å². The van der Waals surface area contributed by atoms with Crippen LogP contribution in [0.15, 0.2) is 59.1 Å². The van der Waals surface area contributed by atoms with Gasteiger partial charge in [0.1, 0.15) is 0 Å². The van der Waals surface area contributed by atoms with Crippen LogP contribution in [-0.2, 0) is 6.42 Å². The molecule has 2 nitrogen and oxygen atoms in total. The molecule has 0 heterocycles. The minimum atomic E-state index is 0.0704. The van der Waals surface area contributed by atoms with Gasteiger partial charge in [-0.15, -0.1) is 0 Å². The van der Waals surface area contributed by atoms with Crippen molar-refractivity contribution in [3.05, 3.63) is 70.2 Å². The van der Waals surface area contributed by atoms with Gasteiger partial charge in [-0.2, -0.15) is 0 Å². The van der Waals surface area contributed by atoms with Crippen molar-refractivity contribution >= 4 is 15.9 Å². The second-order valence-corrected chi connectivity index (χ2v) is 6.16. The molecule has 0 amide bonds. The minimum absolute atomic E-state index is 0.0704. The van der Waals surface area contributed by atoms with Crippen LogP contribution in [0.5, 0.6) is 0 Å². The molecule has 0 spiro atoms. The van der Waals surface area contributed by atoms with Crippen molar-refractivity contribution in [2.24, 2.45) is 0 Å². The van der Waals surface area contributed by atoms with E-state index < -0.39 is 0 Å². The lowest BCUT2D eigenvalue weighted by atomic mass is 10.0. The summed E-state index contributed by atoms with van der Waals surface area (Å²) in [5.41, 5.74) is 2.50. The molecular weight excluding hydrogens is 326 g/mol. The van der Waals surface area contributed by atoms with Crippen molar-refractivity contribution in [2.45, 2.75) is 31.8 Å². The Hall–Kier alpha value is -1.16. The molecule has 0 aliphatic carbocycles. The number of hydrogen-bond acceptors (Lipinski definition) is 2. The maximum atomic E-state index is 9.65. The Balaban J connectivity index is 2.03. The Morgan fingerprint density at radius 1 is 1.05 bits per heavy atom. The predicted octanol–water partition coefficient (Wildman–Crippen LogP) is 4.09. The SMILES string of the molecule is CCC(N[C@H](CO)Cc1ccccc1)c1ccc(Br)cc1. The van der Waals surface area contributed by atoms with Gasteiger partial charge in [-0.05, 0) is 36.1 Å². The van der Waals surface area contributed by atoms with Crippen LogP contribution in [0.4, 0.5) is 0 Å². The van der Waals surface area contributed by atoms with Crippen LogP contribution in [0.25, 0.3) is 0 Å². The minimum Gasteiger partial charge on any atom is -0.395 e. The molecule has 2 atom stereocenters. The van der Waals surface area contributed by atoms with Crippen molar-refractivity contribution in [1.29, 1.82) is 0 Å². The molecule has 3 heteroatoms. The zero-order valence-corrected chi connectivity index (χ0v) is 13.9. The van der Waals surface area contributed by atoms with E-state index in [4.69, 9.17) is 0 Å². The van der Waals surface area contributed by atoms with Crippen LogP contribution < -0.4 is 5.32 Å². The number of benzene rings is 2. The van der Waals surface area contributed by atoms with Gasteiger partial charge in [0.15, 0.2) is 0 Å². The summed E-state index contributed by atoms with van der Waals surface area (Å²) in [6, 6.07) is 19.0. The predicted molar refractivity (Wildman–Crippen MR) is 91.3 cm³/mol. The van der Waals surface area contributed by atoms with E-state index in [0.717, 1.165) is 17.3 Å². The molecule has 0 aromatic heterocycles. The van der Waals surface area contributed by atoms with Crippen molar-refractivity contribution in [3.63, 3.8) is 0 Å². The zero-order chi connectivity index (χ0) is 15.1. The van der Waals surface area contributed by atoms with Gasteiger partial charge in [-0.3, -0.25) is 0 Å². The normalized spacial score (nSPS) is 13.9. The van der Waals surface area contributed by atoms with Crippen molar-refractivity contribution in [3.8, 4) is 0 Å². The Labute approximate surface area is 135 Å². The third kappa shape index (κ3) is 4.95. The third-order valence-electron chi connectivity index (χ3n) is 3.66. The Bertz CT molecular complexity index is 527. The highest BCUT2D eigenvalue weighted by Gasteiger charge is 2.15. The number of aliphatic hydroxyl groups excluding tert-OH is 1. The van der Waals surface area contributed by atoms with Crippen molar-refractivity contribution < 1.29 is 5.11 Å². The van der Waals surface area contributed by atoms with Crippen LogP contribution in [0, 0.1) is 0 Å². The van der Waals surface area contributed by atoms with Gasteiger partial charge in [0.05, 0.1) is 6.61 Å². The maximum Gasteiger partial charge on any atom is 0.0588 e. The van der Waals surface area contributed by atoms with E-state index in [0.29, 0.717) is 0 Å². The maximum absolute atomic E-state index is 9.65. The van der Waals surface area contributed by atoms with E-state index in [2.05, 4.69) is 64.6 Å². The smallest absolute Gasteiger partial charge is 0.0588 e. The molecular formula is C18H22BrNO. The van der Waals surface area contributed by atoms with E-state index >= 15 is 0 Å². The van der Waals surface area contributed by atoms with Crippen LogP contribution in [0.1, 0.15) is 30.5 Å². The van der Waals surface area contributed by atoms with E-state index in [1.807, 2.05) is 18.2 Å². The average molecular weight is 348 g/mol. The molecule has 0 radical (unpaired) electrons. The molecule has 2 rings (SSSR count). The van der Waals surface area contributed by atoms with Crippen LogP contribution in [-0.4, -0.2) is 17.8 Å². The highest BCUT2D eigenvalue weighted by atomic mass is 79.9. The van der Waals surface area contributed by atoms with Crippen LogP contribution >= 0.6 is 15.9 Å². The van der Waals surface area contributed by atoms with Gasteiger partial charge >= 0.3 is 0 Å². The largest absolute Gasteiger partial charge is 0.395 e. The molecule has 2 aromatic carbocycles. The first kappa shape index (κ1) is 16.2. The first-order valence-electron chi connectivity index (χ1n) is 7.39. The van der Waals surface area contributed by atoms with Crippen molar-refractivity contribution in [2.75, 3.05) is 6.61 Å². The summed E-state index contributed by atoms with van der Waals surface area (Å²) in [4.78, 5) is 0. The summed E-state index contributed by atoms with van der Waals surface area (Å²) in [5, 5.41) is 13.2. The van der Waals surface area contributed by atoms with E-state index in [9.17, 15) is 5.11 Å². The fourth-order valence-corrected chi connectivity index (χ4v) is 2.77. The summed E-state index contributed by atoms with van der Waals surface area (Å²) < 4.78 is 1.09. The molecule has 0 aliphatic rings. The number of nitrogens with one attached hydrogen (secondary N) is 1. The lowest BCUT2D eigenvalue weighted by Crippen LogP contribution is -2.37. The highest BCUT2D eigenvalue weighted by molar-refractivity contribution is 9.10. The van der Waals surface area contributed by atoms with Crippen LogP contribution in [0.2, 0.25) is 0 Å². The molecule has 2 aromatic rings. The molecule has 21 heavy (non-hydrogen) atoms. The first-order chi connectivity index (χ1) is 10.2. The second kappa shape index (κ2) is 8.32. The van der Waals surface area contributed by atoms with Gasteiger partial charge in [0.25, 0.3) is 0 Å². The Kier molecular flexibility index (Phi) is 6.43. The van der Waals surface area contributed by atoms with Gasteiger partial charge < -0.3 is 10.4 Å². The topological polar surface area (TPSA) is 32.3 Å². The zero-order valence-electron chi connectivity index (χ0n) is 12.3. The number of aliphatic hydroxyl groups is 1. The van der Waals surface area contributed by atoms with E-state index in [-0.39, 0.29) is 18.7 Å². The average Bonchev–Trinajstić information content (AvgIpc) is 2.53. The molecule has 1 unspecified atom stereocenters. The Morgan fingerprint density at radius 3 is 2.29 bits per heavy atom. The Morgan fingerprint density at radius 2 is 1.71 bits per heavy atom. The fourth-order valence-electron chi connectivity index (χ4n) is 2.50. The van der Waals surface area contributed by atoms with E-state index in [1.165, 1.54) is 11.1 Å². The highest BCUT2D eigenvalue weighted by Crippen LogP contribution is 2.20. The molecule has 0 saturated heterocycles. The van der Waals surface area contributed by atoms with Gasteiger partial charge in [-0.25, -0.2) is 0 Å². The second-order valence-electron chi connectivity index (χ2n) is 5.25. The summed E-state index contributed by atoms with van der Waals surface area (Å²) in [5.74, 6) is 0. The molecule has 112 valence electrons. The quantitative estimate of drug-likeness (QED) is 0.790. The molecule has 0 saturated carbocycles. The molecule has 0 aliphatic heterocycles. The summed E-state index contributed by atoms with van der Waals surface area (Å²) in [7, 11) is 0. The monoisotopic (exact) mass is 347 g/mol. The fraction of sp³-hybridized carbons (Fsp3) is 0.333. The summed E-state index contributed by atoms with van der Waals surface area (Å²) >= 11 is 3.46. The number of halogens is 1. The molecule has 2 N–H and O–H groups in total. The standard InChI is InChI=1S/C18H22BrNO/c1-2-18(15-8-10-16(19)11-9-15)20-17(13-21)12-14-6-4-3-5-7-14/h3-11,17-18,20-21H,2,12-13H2,1H3/t17-,18?/m0/s1. The van der Waals surface area contributed by atoms with Crippen molar-refractivity contribution in [1.82, 2.24) is 5.32 Å². The van der Waals surface area contributed by atoms with E-state index in [1.54, 1.807) is 0 Å². The van der Waals surface area contributed by atoms with Gasteiger partial charge in [0.2, 0.25) is 0 Å².